The molecule has 1 aromatic carbocycles. The van der Waals surface area contributed by atoms with Gasteiger partial charge in [-0.2, -0.15) is 18.3 Å². The van der Waals surface area contributed by atoms with Crippen LogP contribution in [0.3, 0.4) is 0 Å². The topological polar surface area (TPSA) is 108 Å². The summed E-state index contributed by atoms with van der Waals surface area (Å²) in [5.41, 5.74) is 3.28. The van der Waals surface area contributed by atoms with Gasteiger partial charge in [-0.15, -0.1) is 0 Å². The molecule has 3 aliphatic heterocycles. The predicted octanol–water partition coefficient (Wildman–Crippen LogP) is 7.40. The highest BCUT2D eigenvalue weighted by Crippen LogP contribution is 2.42. The Morgan fingerprint density at radius 1 is 0.980 bits per heavy atom. The molecule has 2 aromatic rings. The highest BCUT2D eigenvalue weighted by Gasteiger charge is 2.50. The number of carbonyl (C=O) groups is 3. The Balaban J connectivity index is 0.000000654. The van der Waals surface area contributed by atoms with Crippen molar-refractivity contribution in [2.75, 3.05) is 39.3 Å². The molecule has 282 valence electrons. The van der Waals surface area contributed by atoms with Crippen LogP contribution in [-0.4, -0.2) is 105 Å². The second kappa shape index (κ2) is 16.8. The number of hydrogen-bond acceptors (Lipinski definition) is 6. The molecule has 4 fully saturated rings. The van der Waals surface area contributed by atoms with Crippen molar-refractivity contribution >= 4 is 18.0 Å². The third-order valence-corrected chi connectivity index (χ3v) is 11.3. The number of unbranched alkanes of at least 4 members (excludes halogenated alkanes) is 1. The van der Waals surface area contributed by atoms with Crippen LogP contribution >= 0.6 is 0 Å². The number of carboxylic acid groups (broad SMARTS) is 1. The van der Waals surface area contributed by atoms with E-state index in [4.69, 9.17) is 14.6 Å². The number of carbonyl (C=O) groups excluding carboxylic acids is 2. The summed E-state index contributed by atoms with van der Waals surface area (Å²) in [5, 5.41) is 11.8. The maximum absolute atomic E-state index is 13.7. The van der Waals surface area contributed by atoms with Gasteiger partial charge in [0.05, 0.1) is 11.4 Å². The van der Waals surface area contributed by atoms with Gasteiger partial charge >= 0.3 is 18.2 Å². The minimum Gasteiger partial charge on any atom is -0.475 e. The fraction of sp³-hybridized carbons (Fsp3) is 0.684. The minimum atomic E-state index is -5.08. The van der Waals surface area contributed by atoms with E-state index < -0.39 is 12.1 Å². The number of carboxylic acids is 1. The van der Waals surface area contributed by atoms with E-state index >= 15 is 0 Å². The van der Waals surface area contributed by atoms with E-state index in [1.807, 2.05) is 30.0 Å². The van der Waals surface area contributed by atoms with Crippen LogP contribution in [0.25, 0.3) is 5.69 Å². The van der Waals surface area contributed by atoms with Gasteiger partial charge in [0.15, 0.2) is 0 Å². The van der Waals surface area contributed by atoms with Gasteiger partial charge < -0.3 is 19.6 Å². The van der Waals surface area contributed by atoms with Gasteiger partial charge in [0.2, 0.25) is 0 Å². The van der Waals surface area contributed by atoms with Gasteiger partial charge in [-0.1, -0.05) is 56.7 Å². The van der Waals surface area contributed by atoms with Gasteiger partial charge in [0.1, 0.15) is 11.3 Å². The first-order valence-corrected chi connectivity index (χ1v) is 18.7. The molecule has 4 heterocycles. The molecule has 0 bridgehead atoms. The molecule has 1 saturated carbocycles. The molecule has 3 saturated heterocycles. The fourth-order valence-corrected chi connectivity index (χ4v) is 8.37. The molecule has 1 N–H and O–H groups in total. The average molecular weight is 718 g/mol. The van der Waals surface area contributed by atoms with Crippen LogP contribution in [0, 0.1) is 25.7 Å². The molecule has 6 rings (SSSR count). The maximum Gasteiger partial charge on any atom is 0.490 e. The van der Waals surface area contributed by atoms with Crippen molar-refractivity contribution in [2.24, 2.45) is 11.8 Å². The molecule has 1 unspecified atom stereocenters. The lowest BCUT2D eigenvalue weighted by molar-refractivity contribution is -0.192. The third-order valence-electron chi connectivity index (χ3n) is 11.3. The SMILES string of the molecule is CCCCC1CN(CC2CCCCC2)C(=O)OC12CCN(C1CCN(C(=O)c3cc(C)nn3-c3ccc(C)cc3)CC1)CC2.O=C(O)C(F)(F)F. The van der Waals surface area contributed by atoms with E-state index in [1.54, 1.807) is 4.68 Å². The number of likely N-dealkylation sites (tertiary alicyclic amines) is 2. The predicted molar refractivity (Wildman–Crippen MR) is 187 cm³/mol. The Morgan fingerprint density at radius 2 is 1.61 bits per heavy atom. The Bertz CT molecular complexity index is 1470. The summed E-state index contributed by atoms with van der Waals surface area (Å²) in [6.07, 6.45) is 8.63. The van der Waals surface area contributed by atoms with Gasteiger partial charge in [-0.05, 0) is 70.1 Å². The Hall–Kier alpha value is -3.61. The number of rotatable bonds is 8. The number of aliphatic carboxylic acids is 1. The van der Waals surface area contributed by atoms with Gasteiger partial charge in [0, 0.05) is 64.1 Å². The van der Waals surface area contributed by atoms with Crippen LogP contribution in [0.15, 0.2) is 30.3 Å². The van der Waals surface area contributed by atoms with Gasteiger partial charge in [-0.25, -0.2) is 14.3 Å². The first kappa shape index (κ1) is 38.6. The monoisotopic (exact) mass is 717 g/mol. The number of hydrogen-bond donors (Lipinski definition) is 1. The van der Waals surface area contributed by atoms with E-state index in [9.17, 15) is 22.8 Å². The lowest BCUT2D eigenvalue weighted by Gasteiger charge is -2.52. The summed E-state index contributed by atoms with van der Waals surface area (Å²) >= 11 is 0. The quantitative estimate of drug-likeness (QED) is 0.303. The summed E-state index contributed by atoms with van der Waals surface area (Å²) < 4.78 is 40.0. The first-order valence-electron chi connectivity index (χ1n) is 18.7. The lowest BCUT2D eigenvalue weighted by atomic mass is 9.75. The van der Waals surface area contributed by atoms with Crippen LogP contribution in [-0.2, 0) is 9.53 Å². The number of piperidine rings is 2. The standard InChI is InChI=1S/C36H53N5O3.C2HF3O2/c1-4-5-11-30-26-40(25-29-9-7-6-8-10-29)35(43)44-36(30)18-22-38(23-19-36)31-16-20-39(21-17-31)34(42)33-24-28(3)37-41(33)32-14-12-27(2)13-15-32;3-2(4,5)1(6)7/h12-15,24,29-31H,4-11,16-23,25-26H2,1-3H3;(H,6,7). The molecule has 1 aliphatic carbocycles. The second-order valence-corrected chi connectivity index (χ2v) is 15.0. The first-order chi connectivity index (χ1) is 24.3. The smallest absolute Gasteiger partial charge is 0.475 e. The van der Waals surface area contributed by atoms with Crippen molar-refractivity contribution in [2.45, 2.75) is 116 Å². The highest BCUT2D eigenvalue weighted by molar-refractivity contribution is 5.93. The maximum atomic E-state index is 13.7. The van der Waals surface area contributed by atoms with Gasteiger partial charge in [0.25, 0.3) is 5.91 Å². The van der Waals surface area contributed by atoms with E-state index in [0.717, 1.165) is 82.8 Å². The van der Waals surface area contributed by atoms with E-state index in [-0.39, 0.29) is 17.6 Å². The molecule has 0 radical (unpaired) electrons. The lowest BCUT2D eigenvalue weighted by Crippen LogP contribution is -2.61. The van der Waals surface area contributed by atoms with Crippen molar-refractivity contribution in [1.29, 1.82) is 0 Å². The van der Waals surface area contributed by atoms with Crippen molar-refractivity contribution in [3.63, 3.8) is 0 Å². The van der Waals surface area contributed by atoms with Crippen molar-refractivity contribution in [3.05, 3.63) is 47.3 Å². The number of aromatic nitrogens is 2. The van der Waals surface area contributed by atoms with E-state index in [2.05, 4.69) is 40.9 Å². The molecule has 1 atom stereocenters. The summed E-state index contributed by atoms with van der Waals surface area (Å²) in [5.74, 6) is -1.63. The molecular weight excluding hydrogens is 663 g/mol. The van der Waals surface area contributed by atoms with Crippen LogP contribution in [0.5, 0.6) is 0 Å². The number of alkyl halides is 3. The number of benzene rings is 1. The highest BCUT2D eigenvalue weighted by atomic mass is 19.4. The van der Waals surface area contributed by atoms with Gasteiger partial charge in [-0.3, -0.25) is 9.69 Å². The van der Waals surface area contributed by atoms with Crippen molar-refractivity contribution in [1.82, 2.24) is 24.5 Å². The van der Waals surface area contributed by atoms with E-state index in [0.29, 0.717) is 23.6 Å². The number of nitrogens with zero attached hydrogens (tertiary/aromatic N) is 5. The number of amides is 2. The molecule has 4 aliphatic rings. The van der Waals surface area contributed by atoms with Crippen LogP contribution < -0.4 is 0 Å². The summed E-state index contributed by atoms with van der Waals surface area (Å²) in [6.45, 7) is 11.5. The Labute approximate surface area is 299 Å². The van der Waals surface area contributed by atoms with Crippen molar-refractivity contribution < 1.29 is 37.4 Å². The van der Waals surface area contributed by atoms with Crippen LogP contribution in [0.2, 0.25) is 0 Å². The number of halogens is 3. The molecular formula is C38H54F3N5O5. The summed E-state index contributed by atoms with van der Waals surface area (Å²) in [6, 6.07) is 10.5. The van der Waals surface area contributed by atoms with Crippen molar-refractivity contribution in [3.8, 4) is 5.69 Å². The molecule has 10 nitrogen and oxygen atoms in total. The molecule has 1 aromatic heterocycles. The van der Waals surface area contributed by atoms with Crippen LogP contribution in [0.4, 0.5) is 18.0 Å². The average Bonchev–Trinajstić information content (AvgIpc) is 3.51. The minimum absolute atomic E-state index is 0.0629. The Morgan fingerprint density at radius 3 is 2.20 bits per heavy atom. The summed E-state index contributed by atoms with van der Waals surface area (Å²) in [4.78, 5) is 42.6. The molecule has 2 amide bonds. The zero-order chi connectivity index (χ0) is 36.8. The molecule has 1 spiro atoms. The van der Waals surface area contributed by atoms with Crippen LogP contribution in [0.1, 0.15) is 106 Å². The number of ether oxygens (including phenoxy) is 1. The zero-order valence-electron chi connectivity index (χ0n) is 30.3. The van der Waals surface area contributed by atoms with E-state index in [1.165, 1.54) is 50.5 Å². The Kier molecular flexibility index (Phi) is 12.7. The second-order valence-electron chi connectivity index (χ2n) is 15.0. The molecule has 51 heavy (non-hydrogen) atoms. The largest absolute Gasteiger partial charge is 0.490 e. The number of aryl methyl sites for hydroxylation is 2. The normalized spacial score (nSPS) is 22.0. The molecule has 13 heteroatoms. The fourth-order valence-electron chi connectivity index (χ4n) is 8.37. The third kappa shape index (κ3) is 9.64. The summed E-state index contributed by atoms with van der Waals surface area (Å²) in [7, 11) is 0. The zero-order valence-corrected chi connectivity index (χ0v) is 30.3.